The monoisotopic (exact) mass is 520 g/mol. The van der Waals surface area contributed by atoms with Crippen LogP contribution in [0.4, 0.5) is 0 Å². The number of fused-ring (bicyclic) bond motifs is 5. The molecule has 2 aliphatic rings. The van der Waals surface area contributed by atoms with E-state index in [4.69, 9.17) is 9.15 Å². The number of hydrogen-bond donors (Lipinski definition) is 2. The number of benzene rings is 1. The first kappa shape index (κ1) is 25.9. The molecule has 0 saturated carbocycles. The van der Waals surface area contributed by atoms with Crippen LogP contribution >= 0.6 is 0 Å². The molecule has 1 unspecified atom stereocenters. The fraction of sp³-hybridized carbons (Fsp3) is 0.483. The Labute approximate surface area is 222 Å². The summed E-state index contributed by atoms with van der Waals surface area (Å²) in [6.45, 7) is 7.86. The number of methoxy groups -OCH3 is 1. The lowest BCUT2D eigenvalue weighted by Crippen LogP contribution is -2.64. The minimum atomic E-state index is -0.849. The van der Waals surface area contributed by atoms with E-state index in [9.17, 15) is 14.4 Å². The molecule has 1 aromatic carbocycles. The van der Waals surface area contributed by atoms with Gasteiger partial charge >= 0.3 is 0 Å². The molecule has 38 heavy (non-hydrogen) atoms. The van der Waals surface area contributed by atoms with Crippen LogP contribution in [0, 0.1) is 11.8 Å². The van der Waals surface area contributed by atoms with E-state index in [0.717, 1.165) is 27.9 Å². The second-order valence-corrected chi connectivity index (χ2v) is 10.3. The lowest BCUT2D eigenvalue weighted by Gasteiger charge is -2.54. The maximum atomic E-state index is 14.0. The van der Waals surface area contributed by atoms with Gasteiger partial charge in [-0.15, -0.1) is 0 Å². The van der Waals surface area contributed by atoms with Gasteiger partial charge in [-0.25, -0.2) is 0 Å². The number of hydrogen-bond acceptors (Lipinski definition) is 5. The van der Waals surface area contributed by atoms with Crippen molar-refractivity contribution in [3.05, 3.63) is 53.6 Å². The van der Waals surface area contributed by atoms with Crippen LogP contribution in [0.5, 0.6) is 5.75 Å². The zero-order valence-corrected chi connectivity index (χ0v) is 22.5. The maximum Gasteiger partial charge on any atom is 0.228 e. The summed E-state index contributed by atoms with van der Waals surface area (Å²) in [7, 11) is 1.65. The average molecular weight is 521 g/mol. The van der Waals surface area contributed by atoms with E-state index in [-0.39, 0.29) is 30.7 Å². The van der Waals surface area contributed by atoms with Gasteiger partial charge in [0, 0.05) is 48.6 Å². The van der Waals surface area contributed by atoms with E-state index >= 15 is 0 Å². The topological polar surface area (TPSA) is 108 Å². The van der Waals surface area contributed by atoms with Crippen LogP contribution in [0.2, 0.25) is 0 Å². The van der Waals surface area contributed by atoms with Gasteiger partial charge in [0.1, 0.15) is 11.5 Å². The molecule has 4 heterocycles. The van der Waals surface area contributed by atoms with Crippen molar-refractivity contribution in [3.63, 3.8) is 0 Å². The van der Waals surface area contributed by atoms with Crippen molar-refractivity contribution in [2.45, 2.75) is 52.1 Å². The predicted octanol–water partition coefficient (Wildman–Crippen LogP) is 3.58. The SMILES string of the molecule is CCN(CC)C(=O)[C@H]1CC(CC(=O)NCc2ccco2)C(=O)N2CCc3c([nH]c4ccc(OC)cc34)[C@]12C. The highest BCUT2D eigenvalue weighted by atomic mass is 16.5. The van der Waals surface area contributed by atoms with Gasteiger partial charge in [0.05, 0.1) is 31.4 Å². The van der Waals surface area contributed by atoms with Gasteiger partial charge in [-0.05, 0) is 69.5 Å². The molecule has 3 atom stereocenters. The number of aromatic amines is 1. The molecule has 202 valence electrons. The Kier molecular flexibility index (Phi) is 6.94. The Morgan fingerprint density at radius 2 is 2.05 bits per heavy atom. The Balaban J connectivity index is 1.50. The van der Waals surface area contributed by atoms with E-state index in [2.05, 4.69) is 10.3 Å². The van der Waals surface area contributed by atoms with Crippen LogP contribution in [0.25, 0.3) is 10.9 Å². The van der Waals surface area contributed by atoms with Gasteiger partial charge in [0.2, 0.25) is 17.7 Å². The minimum absolute atomic E-state index is 0.0140. The van der Waals surface area contributed by atoms with E-state index in [1.807, 2.05) is 48.8 Å². The number of furan rings is 1. The fourth-order valence-corrected chi connectivity index (χ4v) is 6.34. The summed E-state index contributed by atoms with van der Waals surface area (Å²) >= 11 is 0. The minimum Gasteiger partial charge on any atom is -0.497 e. The smallest absolute Gasteiger partial charge is 0.228 e. The van der Waals surface area contributed by atoms with Crippen LogP contribution in [0.1, 0.15) is 50.6 Å². The molecule has 1 fully saturated rings. The molecule has 5 rings (SSSR count). The van der Waals surface area contributed by atoms with Gasteiger partial charge < -0.3 is 29.3 Å². The molecule has 3 amide bonds. The standard InChI is InChI=1S/C29H36N4O5/c1-5-32(6-2)28(36)23-14-18(15-25(34)30-17-20-8-7-13-38-20)27(35)33-12-11-21-22-16-19(37-4)9-10-24(22)31-26(21)29(23,33)3/h7-10,13,16,18,23,31H,5-6,11-12,14-15,17H2,1-4H3,(H,30,34)/t18?,23-,29+/m1/s1. The third-order valence-corrected chi connectivity index (χ3v) is 8.42. The van der Waals surface area contributed by atoms with Crippen LogP contribution in [-0.2, 0) is 32.9 Å². The molecule has 9 heteroatoms. The summed E-state index contributed by atoms with van der Waals surface area (Å²) in [6, 6.07) is 9.46. The van der Waals surface area contributed by atoms with Crippen LogP contribution < -0.4 is 10.1 Å². The third kappa shape index (κ3) is 4.23. The summed E-state index contributed by atoms with van der Waals surface area (Å²) in [4.78, 5) is 48.0. The maximum absolute atomic E-state index is 14.0. The summed E-state index contributed by atoms with van der Waals surface area (Å²) in [5.41, 5.74) is 2.14. The summed E-state index contributed by atoms with van der Waals surface area (Å²) in [5, 5.41) is 3.91. The fourth-order valence-electron chi connectivity index (χ4n) is 6.34. The number of nitrogens with zero attached hydrogens (tertiary/aromatic N) is 2. The largest absolute Gasteiger partial charge is 0.497 e. The number of ether oxygens (including phenoxy) is 1. The highest BCUT2D eigenvalue weighted by molar-refractivity contribution is 5.93. The van der Waals surface area contributed by atoms with E-state index in [0.29, 0.717) is 38.2 Å². The van der Waals surface area contributed by atoms with E-state index in [1.54, 1.807) is 25.5 Å². The normalized spacial score (nSPS) is 22.6. The van der Waals surface area contributed by atoms with Crippen molar-refractivity contribution < 1.29 is 23.5 Å². The Bertz CT molecular complexity index is 1340. The summed E-state index contributed by atoms with van der Waals surface area (Å²) in [6.07, 6.45) is 2.56. The van der Waals surface area contributed by atoms with Crippen molar-refractivity contribution >= 4 is 28.6 Å². The van der Waals surface area contributed by atoms with Gasteiger partial charge in [-0.3, -0.25) is 14.4 Å². The molecule has 0 bridgehead atoms. The summed E-state index contributed by atoms with van der Waals surface area (Å²) < 4.78 is 10.8. The molecule has 3 aromatic rings. The second-order valence-electron chi connectivity index (χ2n) is 10.3. The zero-order valence-electron chi connectivity index (χ0n) is 22.5. The van der Waals surface area contributed by atoms with Crippen molar-refractivity contribution in [3.8, 4) is 5.75 Å². The van der Waals surface area contributed by atoms with Crippen LogP contribution in [0.15, 0.2) is 41.0 Å². The molecule has 2 aromatic heterocycles. The number of nitrogens with one attached hydrogen (secondary N) is 2. The predicted molar refractivity (Wildman–Crippen MR) is 142 cm³/mol. The van der Waals surface area contributed by atoms with Crippen molar-refractivity contribution in [1.29, 1.82) is 0 Å². The van der Waals surface area contributed by atoms with Gasteiger partial charge in [-0.1, -0.05) is 0 Å². The van der Waals surface area contributed by atoms with Crippen LogP contribution in [-0.4, -0.2) is 59.2 Å². The van der Waals surface area contributed by atoms with Crippen molar-refractivity contribution in [1.82, 2.24) is 20.1 Å². The Hall–Kier alpha value is -3.75. The van der Waals surface area contributed by atoms with Gasteiger partial charge in [-0.2, -0.15) is 0 Å². The molecule has 0 radical (unpaired) electrons. The number of piperidine rings is 1. The first-order valence-corrected chi connectivity index (χ1v) is 13.4. The highest BCUT2D eigenvalue weighted by Gasteiger charge is 2.57. The van der Waals surface area contributed by atoms with Gasteiger partial charge in [0.25, 0.3) is 0 Å². The number of H-pyrrole nitrogens is 1. The number of amides is 3. The molecule has 0 spiro atoms. The number of rotatable bonds is 8. The summed E-state index contributed by atoms with van der Waals surface area (Å²) in [5.74, 6) is 0.0590. The molecule has 2 aliphatic heterocycles. The highest BCUT2D eigenvalue weighted by Crippen LogP contribution is 2.50. The van der Waals surface area contributed by atoms with Crippen molar-refractivity contribution in [2.75, 3.05) is 26.7 Å². The third-order valence-electron chi connectivity index (χ3n) is 8.42. The molecule has 1 saturated heterocycles. The average Bonchev–Trinajstić information content (AvgIpc) is 3.58. The quantitative estimate of drug-likeness (QED) is 0.472. The molecular formula is C29H36N4O5. The number of aromatic nitrogens is 1. The van der Waals surface area contributed by atoms with Gasteiger partial charge in [0.15, 0.2) is 0 Å². The molecule has 0 aliphatic carbocycles. The first-order valence-electron chi connectivity index (χ1n) is 13.4. The lowest BCUT2D eigenvalue weighted by molar-refractivity contribution is -0.164. The molecule has 2 N–H and O–H groups in total. The molecule has 9 nitrogen and oxygen atoms in total. The van der Waals surface area contributed by atoms with E-state index < -0.39 is 17.4 Å². The van der Waals surface area contributed by atoms with Crippen LogP contribution in [0.3, 0.4) is 0 Å². The Morgan fingerprint density at radius 3 is 2.74 bits per heavy atom. The zero-order chi connectivity index (χ0) is 27.0. The number of carbonyl (C=O) groups is 3. The van der Waals surface area contributed by atoms with E-state index in [1.165, 1.54) is 0 Å². The second kappa shape index (κ2) is 10.2. The number of carbonyl (C=O) groups excluding carboxylic acids is 3. The first-order chi connectivity index (χ1) is 18.3. The Morgan fingerprint density at radius 1 is 1.26 bits per heavy atom. The lowest BCUT2D eigenvalue weighted by atomic mass is 9.67. The van der Waals surface area contributed by atoms with Crippen molar-refractivity contribution in [2.24, 2.45) is 11.8 Å². The molecular weight excluding hydrogens is 484 g/mol.